The van der Waals surface area contributed by atoms with Gasteiger partial charge in [-0.3, -0.25) is 5.10 Å². The molecule has 1 aliphatic carbocycles. The van der Waals surface area contributed by atoms with E-state index in [0.717, 1.165) is 64.3 Å². The molecule has 0 atom stereocenters. The Morgan fingerprint density at radius 2 is 1.68 bits per heavy atom. The van der Waals surface area contributed by atoms with Gasteiger partial charge in [-0.25, -0.2) is 4.79 Å². The normalized spacial score (nSPS) is 14.6. The molecule has 9 heteroatoms. The first-order valence-electron chi connectivity index (χ1n) is 12.6. The van der Waals surface area contributed by atoms with Crippen molar-refractivity contribution in [1.29, 1.82) is 0 Å². The number of aliphatic carboxylic acids is 1. The van der Waals surface area contributed by atoms with Crippen molar-refractivity contribution in [3.63, 3.8) is 0 Å². The van der Waals surface area contributed by atoms with Gasteiger partial charge in [0.1, 0.15) is 5.75 Å². The summed E-state index contributed by atoms with van der Waals surface area (Å²) < 4.78 is 42.6. The number of hydrogen-bond acceptors (Lipinski definition) is 3. The van der Waals surface area contributed by atoms with Crippen LogP contribution in [0.2, 0.25) is 5.02 Å². The topological polar surface area (TPSA) is 75.2 Å². The van der Waals surface area contributed by atoms with Crippen molar-refractivity contribution in [2.75, 3.05) is 0 Å². The number of carboxylic acid groups (broad SMARTS) is 1. The number of aromatic nitrogens is 2. The predicted molar refractivity (Wildman–Crippen MR) is 149 cm³/mol. The Bertz CT molecular complexity index is 1560. The highest BCUT2D eigenvalue weighted by Gasteiger charge is 2.32. The van der Waals surface area contributed by atoms with Gasteiger partial charge in [0.25, 0.3) is 0 Å². The Morgan fingerprint density at radius 1 is 1.00 bits per heavy atom. The van der Waals surface area contributed by atoms with Gasteiger partial charge in [0.15, 0.2) is 0 Å². The first kappa shape index (κ1) is 27.3. The first-order chi connectivity index (χ1) is 19.2. The fourth-order valence-corrected chi connectivity index (χ4v) is 5.08. The molecule has 0 radical (unpaired) electrons. The average molecular weight is 565 g/mol. The number of nitrogens with zero attached hydrogens (tertiary/aromatic N) is 1. The summed E-state index contributed by atoms with van der Waals surface area (Å²) in [7, 11) is 0. The van der Waals surface area contributed by atoms with Gasteiger partial charge in [0.05, 0.1) is 11.2 Å². The number of carboxylic acids is 1. The number of alkyl halides is 3. The van der Waals surface area contributed by atoms with Crippen LogP contribution in [0.3, 0.4) is 0 Å². The van der Waals surface area contributed by atoms with E-state index in [0.29, 0.717) is 5.56 Å². The number of benzene rings is 3. The maximum Gasteiger partial charge on any atom is 0.573 e. The molecule has 3 aromatic carbocycles. The van der Waals surface area contributed by atoms with Crippen molar-refractivity contribution in [3.8, 4) is 16.9 Å². The van der Waals surface area contributed by atoms with Crippen LogP contribution >= 0.6 is 11.6 Å². The van der Waals surface area contributed by atoms with Gasteiger partial charge in [-0.1, -0.05) is 66.6 Å². The van der Waals surface area contributed by atoms with E-state index in [4.69, 9.17) is 16.7 Å². The Balaban J connectivity index is 1.67. The summed E-state index contributed by atoms with van der Waals surface area (Å²) in [6.45, 7) is 0. The van der Waals surface area contributed by atoms with Gasteiger partial charge < -0.3 is 9.84 Å². The summed E-state index contributed by atoms with van der Waals surface area (Å²) in [5.41, 5.74) is 6.91. The molecule has 1 aliphatic rings. The Kier molecular flexibility index (Phi) is 7.80. The number of nitrogens with one attached hydrogen (secondary N) is 1. The molecule has 2 N–H and O–H groups in total. The highest BCUT2D eigenvalue weighted by Crippen LogP contribution is 2.47. The van der Waals surface area contributed by atoms with Gasteiger partial charge in [0, 0.05) is 17.8 Å². The van der Waals surface area contributed by atoms with Gasteiger partial charge >= 0.3 is 12.3 Å². The van der Waals surface area contributed by atoms with E-state index in [1.54, 1.807) is 18.5 Å². The Labute approximate surface area is 233 Å². The van der Waals surface area contributed by atoms with E-state index in [-0.39, 0.29) is 16.7 Å². The smallest absolute Gasteiger partial charge is 0.478 e. The molecule has 1 aromatic heterocycles. The molecule has 0 aliphatic heterocycles. The third-order valence-corrected chi connectivity index (χ3v) is 7.18. The van der Waals surface area contributed by atoms with Crippen molar-refractivity contribution in [1.82, 2.24) is 10.2 Å². The highest BCUT2D eigenvalue weighted by atomic mass is 35.5. The number of allylic oxidation sites excluding steroid dienone is 1. The SMILES string of the molecule is O=C(O)C=Cc1ccc(C(=C(c2ccc(OC(F)(F)F)cc2Cl)C2CCC2)c2ccc(-c3cn[nH]c3)cc2)cc1. The molecule has 5 rings (SSSR count). The van der Waals surface area contributed by atoms with Crippen LogP contribution < -0.4 is 4.74 Å². The standard InChI is InChI=1S/C31H24ClF3N2O3/c32-27-16-25(40-31(33,34)35)13-14-26(27)30(21-2-1-3-21)29(22-7-4-19(5-8-22)6-15-28(38)39)23-11-9-20(10-12-23)24-17-36-37-18-24/h4-18,21H,1-3H2,(H,36,37)(H,38,39). The van der Waals surface area contributed by atoms with Crippen molar-refractivity contribution in [3.05, 3.63) is 112 Å². The van der Waals surface area contributed by atoms with Crippen LogP contribution in [0.25, 0.3) is 28.3 Å². The number of H-pyrrole nitrogens is 1. The van der Waals surface area contributed by atoms with Crippen molar-refractivity contribution in [2.24, 2.45) is 5.92 Å². The fourth-order valence-electron chi connectivity index (χ4n) is 4.81. The van der Waals surface area contributed by atoms with Crippen molar-refractivity contribution >= 4 is 34.8 Å². The third-order valence-electron chi connectivity index (χ3n) is 6.87. The molecule has 1 fully saturated rings. The zero-order valence-corrected chi connectivity index (χ0v) is 21.8. The number of halogens is 4. The highest BCUT2D eigenvalue weighted by molar-refractivity contribution is 6.33. The lowest BCUT2D eigenvalue weighted by atomic mass is 9.73. The lowest BCUT2D eigenvalue weighted by Gasteiger charge is -2.32. The van der Waals surface area contributed by atoms with Crippen molar-refractivity contribution < 1.29 is 27.8 Å². The minimum absolute atomic E-state index is 0.155. The van der Waals surface area contributed by atoms with E-state index >= 15 is 0 Å². The summed E-state index contributed by atoms with van der Waals surface area (Å²) in [6.07, 6.45) is 4.18. The zero-order valence-electron chi connectivity index (χ0n) is 21.1. The molecule has 0 bridgehead atoms. The van der Waals surface area contributed by atoms with Crippen LogP contribution in [0, 0.1) is 5.92 Å². The average Bonchev–Trinajstić information content (AvgIpc) is 3.42. The maximum atomic E-state index is 12.8. The molecular formula is C31H24ClF3N2O3. The third kappa shape index (κ3) is 6.29. The minimum Gasteiger partial charge on any atom is -0.478 e. The molecule has 0 spiro atoms. The van der Waals surface area contributed by atoms with Crippen molar-refractivity contribution in [2.45, 2.75) is 25.6 Å². The summed E-state index contributed by atoms with van der Waals surface area (Å²) in [5.74, 6) is -1.26. The number of rotatable bonds is 8. The van der Waals surface area contributed by atoms with Gasteiger partial charge in [-0.2, -0.15) is 5.10 Å². The number of hydrogen-bond donors (Lipinski definition) is 2. The molecular weight excluding hydrogens is 541 g/mol. The Morgan fingerprint density at radius 3 is 2.20 bits per heavy atom. The molecule has 1 saturated carbocycles. The molecule has 4 aromatic rings. The molecule has 0 amide bonds. The predicted octanol–water partition coefficient (Wildman–Crippen LogP) is 8.49. The van der Waals surface area contributed by atoms with Crippen LogP contribution in [0.5, 0.6) is 5.75 Å². The molecule has 40 heavy (non-hydrogen) atoms. The van der Waals surface area contributed by atoms with Crippen LogP contribution in [-0.4, -0.2) is 27.6 Å². The monoisotopic (exact) mass is 564 g/mol. The van der Waals surface area contributed by atoms with Crippen LogP contribution in [0.4, 0.5) is 13.2 Å². The molecule has 204 valence electrons. The second-order valence-corrected chi connectivity index (χ2v) is 9.87. The maximum absolute atomic E-state index is 12.8. The molecule has 5 nitrogen and oxygen atoms in total. The lowest BCUT2D eigenvalue weighted by Crippen LogP contribution is -2.17. The zero-order chi connectivity index (χ0) is 28.3. The number of ether oxygens (including phenoxy) is 1. The van der Waals surface area contributed by atoms with E-state index < -0.39 is 12.3 Å². The minimum atomic E-state index is -4.82. The van der Waals surface area contributed by atoms with Gasteiger partial charge in [-0.15, -0.1) is 13.2 Å². The number of carbonyl (C=O) groups is 1. The van der Waals surface area contributed by atoms with Crippen LogP contribution in [-0.2, 0) is 4.79 Å². The van der Waals surface area contributed by atoms with E-state index in [2.05, 4.69) is 14.9 Å². The largest absolute Gasteiger partial charge is 0.573 e. The quantitative estimate of drug-likeness (QED) is 0.166. The van der Waals surface area contributed by atoms with E-state index in [1.807, 2.05) is 48.5 Å². The fraction of sp³-hybridized carbons (Fsp3) is 0.161. The number of aromatic amines is 1. The lowest BCUT2D eigenvalue weighted by molar-refractivity contribution is -0.274. The first-order valence-corrected chi connectivity index (χ1v) is 13.0. The van der Waals surface area contributed by atoms with E-state index in [1.165, 1.54) is 18.2 Å². The molecule has 0 saturated heterocycles. The van der Waals surface area contributed by atoms with Crippen LogP contribution in [0.15, 0.2) is 85.2 Å². The second-order valence-electron chi connectivity index (χ2n) is 9.46. The summed E-state index contributed by atoms with van der Waals surface area (Å²) in [5, 5.41) is 16.0. The van der Waals surface area contributed by atoms with Gasteiger partial charge in [0.2, 0.25) is 0 Å². The molecule has 1 heterocycles. The Hall–Kier alpha value is -4.30. The summed E-state index contributed by atoms with van der Waals surface area (Å²) >= 11 is 6.63. The summed E-state index contributed by atoms with van der Waals surface area (Å²) in [4.78, 5) is 11.0. The van der Waals surface area contributed by atoms with Gasteiger partial charge in [-0.05, 0) is 82.0 Å². The van der Waals surface area contributed by atoms with E-state index in [9.17, 15) is 18.0 Å². The summed E-state index contributed by atoms with van der Waals surface area (Å²) in [6, 6.07) is 19.5. The molecule has 0 unspecified atom stereocenters. The van der Waals surface area contributed by atoms with Crippen LogP contribution in [0.1, 0.15) is 41.5 Å². The second kappa shape index (κ2) is 11.4.